The highest BCUT2D eigenvalue weighted by Crippen LogP contribution is 2.16. The number of hydrogen-bond donors (Lipinski definition) is 2. The van der Waals surface area contributed by atoms with Crippen molar-refractivity contribution >= 4 is 21.6 Å². The highest BCUT2D eigenvalue weighted by molar-refractivity contribution is 7.89. The number of hydrogen-bond acceptors (Lipinski definition) is 5. The van der Waals surface area contributed by atoms with Gasteiger partial charge in [-0.25, -0.2) is 13.1 Å². The second-order valence-electron chi connectivity index (χ2n) is 5.69. The Hall–Kier alpha value is -2.68. The zero-order valence-corrected chi connectivity index (χ0v) is 16.5. The van der Waals surface area contributed by atoms with Crippen molar-refractivity contribution < 1.29 is 22.7 Å². The molecule has 1 amide bonds. The molecule has 8 heteroatoms. The third kappa shape index (κ3) is 6.49. The molecule has 2 aromatic rings. The van der Waals surface area contributed by atoms with E-state index in [0.29, 0.717) is 36.8 Å². The van der Waals surface area contributed by atoms with Crippen molar-refractivity contribution in [2.45, 2.75) is 11.8 Å². The van der Waals surface area contributed by atoms with Crippen molar-refractivity contribution in [1.29, 1.82) is 0 Å². The molecule has 150 valence electrons. The van der Waals surface area contributed by atoms with Crippen LogP contribution >= 0.6 is 0 Å². The van der Waals surface area contributed by atoms with Crippen LogP contribution in [0.25, 0.3) is 0 Å². The molecule has 2 aromatic carbocycles. The number of ether oxygens (including phenoxy) is 2. The van der Waals surface area contributed by atoms with Crippen LogP contribution in [0.1, 0.15) is 17.3 Å². The molecule has 28 heavy (non-hydrogen) atoms. The molecule has 0 aromatic heterocycles. The van der Waals surface area contributed by atoms with E-state index in [1.165, 1.54) is 30.3 Å². The lowest BCUT2D eigenvalue weighted by atomic mass is 10.2. The first-order valence-corrected chi connectivity index (χ1v) is 10.3. The maximum absolute atomic E-state index is 12.3. The predicted octanol–water partition coefficient (Wildman–Crippen LogP) is 2.82. The average molecular weight is 404 g/mol. The Labute approximate surface area is 165 Å². The summed E-state index contributed by atoms with van der Waals surface area (Å²) in [5, 5.41) is 2.73. The number of carbonyl (C=O) groups is 1. The molecule has 0 spiro atoms. The lowest BCUT2D eigenvalue weighted by Crippen LogP contribution is -2.23. The number of carbonyl (C=O) groups excluding carboxylic acids is 1. The molecule has 0 aliphatic rings. The largest absolute Gasteiger partial charge is 0.491 e. The van der Waals surface area contributed by atoms with Gasteiger partial charge in [0, 0.05) is 24.4 Å². The first-order valence-electron chi connectivity index (χ1n) is 8.79. The Bertz CT molecular complexity index is 878. The molecule has 2 N–H and O–H groups in total. The summed E-state index contributed by atoms with van der Waals surface area (Å²) in [6, 6.07) is 12.7. The molecular formula is C20H24N2O5S. The fraction of sp³-hybridized carbons (Fsp3) is 0.250. The molecule has 0 unspecified atom stereocenters. The van der Waals surface area contributed by atoms with Gasteiger partial charge in [-0.05, 0) is 55.5 Å². The Kier molecular flexibility index (Phi) is 8.19. The van der Waals surface area contributed by atoms with Crippen LogP contribution in [-0.2, 0) is 14.8 Å². The Morgan fingerprint density at radius 2 is 1.75 bits per heavy atom. The van der Waals surface area contributed by atoms with E-state index >= 15 is 0 Å². The lowest BCUT2D eigenvalue weighted by Gasteiger charge is -2.09. The zero-order chi connectivity index (χ0) is 20.4. The minimum absolute atomic E-state index is 0.112. The van der Waals surface area contributed by atoms with Gasteiger partial charge in [0.15, 0.2) is 0 Å². The standard InChI is InChI=1S/C20H24N2O5S/c1-3-13-21-28(24,25)19-11-7-17(8-12-19)22-20(23)16-5-9-18(10-6-16)27-15-14-26-4-2/h3,5-12,21H,1,4,13-15H2,2H3,(H,22,23). The van der Waals surface area contributed by atoms with E-state index in [2.05, 4.69) is 16.6 Å². The summed E-state index contributed by atoms with van der Waals surface area (Å²) in [5.74, 6) is 0.346. The van der Waals surface area contributed by atoms with E-state index in [0.717, 1.165) is 0 Å². The predicted molar refractivity (Wildman–Crippen MR) is 108 cm³/mol. The summed E-state index contributed by atoms with van der Waals surface area (Å²) in [6.07, 6.45) is 1.46. The van der Waals surface area contributed by atoms with E-state index in [-0.39, 0.29) is 17.3 Å². The van der Waals surface area contributed by atoms with Crippen molar-refractivity contribution in [1.82, 2.24) is 4.72 Å². The van der Waals surface area contributed by atoms with Gasteiger partial charge in [-0.15, -0.1) is 6.58 Å². The summed E-state index contributed by atoms with van der Waals surface area (Å²) in [5.41, 5.74) is 0.950. The second kappa shape index (κ2) is 10.6. The molecule has 0 atom stereocenters. The zero-order valence-electron chi connectivity index (χ0n) is 15.7. The summed E-state index contributed by atoms with van der Waals surface area (Å²) < 4.78 is 37.1. The fourth-order valence-electron chi connectivity index (χ4n) is 2.24. The van der Waals surface area contributed by atoms with E-state index in [1.807, 2.05) is 6.92 Å². The van der Waals surface area contributed by atoms with Gasteiger partial charge in [-0.3, -0.25) is 4.79 Å². The van der Waals surface area contributed by atoms with Crippen LogP contribution in [0.15, 0.2) is 66.1 Å². The van der Waals surface area contributed by atoms with Crippen LogP contribution in [0.2, 0.25) is 0 Å². The minimum atomic E-state index is -3.59. The number of benzene rings is 2. The van der Waals surface area contributed by atoms with Crippen molar-refractivity contribution in [3.63, 3.8) is 0 Å². The minimum Gasteiger partial charge on any atom is -0.491 e. The topological polar surface area (TPSA) is 93.7 Å². The van der Waals surface area contributed by atoms with Gasteiger partial charge in [0.2, 0.25) is 10.0 Å². The van der Waals surface area contributed by atoms with Crippen LogP contribution < -0.4 is 14.8 Å². The molecule has 2 rings (SSSR count). The monoisotopic (exact) mass is 404 g/mol. The van der Waals surface area contributed by atoms with Crippen molar-refractivity contribution in [3.8, 4) is 5.75 Å². The third-order valence-electron chi connectivity index (χ3n) is 3.66. The third-order valence-corrected chi connectivity index (χ3v) is 5.10. The van der Waals surface area contributed by atoms with Gasteiger partial charge in [-0.1, -0.05) is 6.08 Å². The maximum Gasteiger partial charge on any atom is 0.255 e. The van der Waals surface area contributed by atoms with Crippen LogP contribution in [-0.4, -0.2) is 40.7 Å². The summed E-state index contributed by atoms with van der Waals surface area (Å²) in [7, 11) is -3.59. The molecule has 0 fully saturated rings. The molecule has 7 nitrogen and oxygen atoms in total. The Balaban J connectivity index is 1.94. The number of sulfonamides is 1. The second-order valence-corrected chi connectivity index (χ2v) is 7.46. The van der Waals surface area contributed by atoms with Crippen molar-refractivity contribution in [2.75, 3.05) is 31.7 Å². The van der Waals surface area contributed by atoms with E-state index < -0.39 is 10.0 Å². The first kappa shape index (κ1) is 21.6. The van der Waals surface area contributed by atoms with E-state index in [9.17, 15) is 13.2 Å². The van der Waals surface area contributed by atoms with Gasteiger partial charge in [0.05, 0.1) is 11.5 Å². The average Bonchev–Trinajstić information content (AvgIpc) is 2.70. The summed E-state index contributed by atoms with van der Waals surface area (Å²) >= 11 is 0. The Morgan fingerprint density at radius 3 is 2.36 bits per heavy atom. The number of anilines is 1. The fourth-order valence-corrected chi connectivity index (χ4v) is 3.24. The lowest BCUT2D eigenvalue weighted by molar-refractivity contribution is 0.102. The highest BCUT2D eigenvalue weighted by Gasteiger charge is 2.13. The molecule has 0 aliphatic heterocycles. The number of amides is 1. The maximum atomic E-state index is 12.3. The van der Waals surface area contributed by atoms with Crippen LogP contribution in [0.5, 0.6) is 5.75 Å². The number of rotatable bonds is 11. The van der Waals surface area contributed by atoms with Crippen molar-refractivity contribution in [3.05, 3.63) is 66.7 Å². The van der Waals surface area contributed by atoms with Crippen molar-refractivity contribution in [2.24, 2.45) is 0 Å². The molecule has 0 heterocycles. The van der Waals surface area contributed by atoms with E-state index in [4.69, 9.17) is 9.47 Å². The summed E-state index contributed by atoms with van der Waals surface area (Å²) in [4.78, 5) is 12.4. The Morgan fingerprint density at radius 1 is 1.07 bits per heavy atom. The molecule has 0 saturated heterocycles. The molecule has 0 bridgehead atoms. The quantitative estimate of drug-likeness (QED) is 0.444. The van der Waals surface area contributed by atoms with Gasteiger partial charge < -0.3 is 14.8 Å². The van der Waals surface area contributed by atoms with Gasteiger partial charge in [0.1, 0.15) is 12.4 Å². The first-order chi connectivity index (χ1) is 13.5. The molecule has 0 aliphatic carbocycles. The highest BCUT2D eigenvalue weighted by atomic mass is 32.2. The van der Waals surface area contributed by atoms with Gasteiger partial charge in [-0.2, -0.15) is 0 Å². The van der Waals surface area contributed by atoms with Crippen LogP contribution in [0, 0.1) is 0 Å². The molecular weight excluding hydrogens is 380 g/mol. The summed E-state index contributed by atoms with van der Waals surface area (Å²) in [6.45, 7) is 7.12. The molecule has 0 radical (unpaired) electrons. The van der Waals surface area contributed by atoms with Gasteiger partial charge in [0.25, 0.3) is 5.91 Å². The van der Waals surface area contributed by atoms with Crippen LogP contribution in [0.3, 0.4) is 0 Å². The molecule has 0 saturated carbocycles. The van der Waals surface area contributed by atoms with Gasteiger partial charge >= 0.3 is 0 Å². The van der Waals surface area contributed by atoms with Crippen LogP contribution in [0.4, 0.5) is 5.69 Å². The normalized spacial score (nSPS) is 11.0. The number of nitrogens with one attached hydrogen (secondary N) is 2. The SMILES string of the molecule is C=CCNS(=O)(=O)c1ccc(NC(=O)c2ccc(OCCOCC)cc2)cc1. The smallest absolute Gasteiger partial charge is 0.255 e. The van der Waals surface area contributed by atoms with E-state index in [1.54, 1.807) is 24.3 Å².